The second-order valence-electron chi connectivity index (χ2n) is 7.33. The van der Waals surface area contributed by atoms with E-state index in [0.29, 0.717) is 26.1 Å². The van der Waals surface area contributed by atoms with Crippen LogP contribution >= 0.6 is 0 Å². The molecule has 0 spiro atoms. The molecular formula is C20H29N3O3. The van der Waals surface area contributed by atoms with Crippen LogP contribution in [0.15, 0.2) is 30.3 Å². The molecule has 2 amide bonds. The van der Waals surface area contributed by atoms with E-state index >= 15 is 0 Å². The van der Waals surface area contributed by atoms with E-state index in [2.05, 4.69) is 10.6 Å². The Labute approximate surface area is 155 Å². The molecule has 6 nitrogen and oxygen atoms in total. The third-order valence-corrected chi connectivity index (χ3v) is 5.49. The lowest BCUT2D eigenvalue weighted by molar-refractivity contribution is -0.134. The van der Waals surface area contributed by atoms with Gasteiger partial charge in [-0.3, -0.25) is 9.59 Å². The average molecular weight is 359 g/mol. The second kappa shape index (κ2) is 8.64. The zero-order chi connectivity index (χ0) is 18.5. The van der Waals surface area contributed by atoms with Gasteiger partial charge in [0.05, 0.1) is 18.1 Å². The van der Waals surface area contributed by atoms with Crippen molar-refractivity contribution in [2.75, 3.05) is 19.6 Å². The van der Waals surface area contributed by atoms with Gasteiger partial charge in [-0.15, -0.1) is 0 Å². The topological polar surface area (TPSA) is 81.7 Å². The highest BCUT2D eigenvalue weighted by Crippen LogP contribution is 2.24. The molecule has 2 aliphatic heterocycles. The predicted molar refractivity (Wildman–Crippen MR) is 99.6 cm³/mol. The number of nitrogens with zero attached hydrogens (tertiary/aromatic N) is 1. The quantitative estimate of drug-likeness (QED) is 0.733. The number of amides is 2. The van der Waals surface area contributed by atoms with Gasteiger partial charge >= 0.3 is 0 Å². The van der Waals surface area contributed by atoms with Gasteiger partial charge in [-0.05, 0) is 31.2 Å². The van der Waals surface area contributed by atoms with Crippen LogP contribution in [0.3, 0.4) is 0 Å². The summed E-state index contributed by atoms with van der Waals surface area (Å²) in [6.45, 7) is 3.87. The van der Waals surface area contributed by atoms with Crippen LogP contribution in [0.2, 0.25) is 0 Å². The molecule has 3 rings (SSSR count). The third-order valence-electron chi connectivity index (χ3n) is 5.49. The Hall–Kier alpha value is -1.92. The van der Waals surface area contributed by atoms with Crippen LogP contribution in [0, 0.1) is 0 Å². The normalized spacial score (nSPS) is 25.1. The number of carbonyl (C=O) groups excluding carboxylic acids is 2. The molecule has 3 unspecified atom stereocenters. The van der Waals surface area contributed by atoms with Gasteiger partial charge in [0, 0.05) is 25.7 Å². The molecule has 1 aromatic carbocycles. The Balaban J connectivity index is 1.50. The first kappa shape index (κ1) is 18.9. The summed E-state index contributed by atoms with van der Waals surface area (Å²) in [6.07, 6.45) is 2.37. The van der Waals surface area contributed by atoms with Crippen molar-refractivity contribution in [2.24, 2.45) is 0 Å². The lowest BCUT2D eigenvalue weighted by Gasteiger charge is -2.35. The van der Waals surface area contributed by atoms with Crippen molar-refractivity contribution in [3.8, 4) is 0 Å². The standard InChI is InChI=1S/C20H29N3O3/c1-2-17(14-6-4-3-5-7-14)20(26)23-10-8-15(9-11-23)22-19(25)18-12-16(24)13-21-18/h3-7,15-18,21,24H,2,8-13H2,1H3,(H,22,25). The molecule has 6 heteroatoms. The Kier molecular flexibility index (Phi) is 6.27. The van der Waals surface area contributed by atoms with E-state index in [9.17, 15) is 14.7 Å². The predicted octanol–water partition coefficient (Wildman–Crippen LogP) is 1.01. The number of aliphatic hydroxyl groups excluding tert-OH is 1. The van der Waals surface area contributed by atoms with E-state index in [1.54, 1.807) is 0 Å². The Bertz CT molecular complexity index is 614. The van der Waals surface area contributed by atoms with Crippen LogP contribution in [0.25, 0.3) is 0 Å². The largest absolute Gasteiger partial charge is 0.392 e. The Morgan fingerprint density at radius 3 is 2.54 bits per heavy atom. The molecule has 0 aromatic heterocycles. The van der Waals surface area contributed by atoms with Gasteiger partial charge < -0.3 is 20.6 Å². The SMILES string of the molecule is CCC(C(=O)N1CCC(NC(=O)C2CC(O)CN2)CC1)c1ccccc1. The monoisotopic (exact) mass is 359 g/mol. The molecule has 26 heavy (non-hydrogen) atoms. The first-order chi connectivity index (χ1) is 12.6. The number of rotatable bonds is 5. The van der Waals surface area contributed by atoms with E-state index in [1.807, 2.05) is 42.2 Å². The van der Waals surface area contributed by atoms with Crippen molar-refractivity contribution in [2.45, 2.75) is 56.7 Å². The molecular weight excluding hydrogens is 330 g/mol. The van der Waals surface area contributed by atoms with Gasteiger partial charge in [-0.2, -0.15) is 0 Å². The van der Waals surface area contributed by atoms with Crippen molar-refractivity contribution in [1.82, 2.24) is 15.5 Å². The van der Waals surface area contributed by atoms with Crippen molar-refractivity contribution < 1.29 is 14.7 Å². The minimum atomic E-state index is -0.436. The highest BCUT2D eigenvalue weighted by Gasteiger charge is 2.32. The number of β-amino-alcohol motifs (C(OH)–C–C–N with tert-alkyl or cyclic N) is 1. The van der Waals surface area contributed by atoms with Crippen LogP contribution < -0.4 is 10.6 Å². The number of carbonyl (C=O) groups is 2. The fourth-order valence-electron chi connectivity index (χ4n) is 3.92. The average Bonchev–Trinajstić information content (AvgIpc) is 3.10. The molecule has 0 aliphatic carbocycles. The molecule has 0 bridgehead atoms. The number of hydrogen-bond donors (Lipinski definition) is 3. The first-order valence-corrected chi connectivity index (χ1v) is 9.64. The van der Waals surface area contributed by atoms with Gasteiger partial charge in [-0.1, -0.05) is 37.3 Å². The van der Waals surface area contributed by atoms with Gasteiger partial charge in [0.1, 0.15) is 0 Å². The zero-order valence-electron chi connectivity index (χ0n) is 15.4. The molecule has 0 radical (unpaired) electrons. The van der Waals surface area contributed by atoms with E-state index in [-0.39, 0.29) is 29.8 Å². The molecule has 2 aliphatic rings. The van der Waals surface area contributed by atoms with Crippen LogP contribution in [0.1, 0.15) is 44.1 Å². The second-order valence-corrected chi connectivity index (χ2v) is 7.33. The lowest BCUT2D eigenvalue weighted by Crippen LogP contribution is -2.51. The third kappa shape index (κ3) is 4.43. The molecule has 0 saturated carbocycles. The number of benzene rings is 1. The van der Waals surface area contributed by atoms with Gasteiger partial charge in [0.25, 0.3) is 0 Å². The fourth-order valence-corrected chi connectivity index (χ4v) is 3.92. The maximum absolute atomic E-state index is 12.9. The van der Waals surface area contributed by atoms with Gasteiger partial charge in [-0.25, -0.2) is 0 Å². The van der Waals surface area contributed by atoms with Crippen LogP contribution in [0.5, 0.6) is 0 Å². The number of hydrogen-bond acceptors (Lipinski definition) is 4. The first-order valence-electron chi connectivity index (χ1n) is 9.64. The smallest absolute Gasteiger partial charge is 0.237 e. The minimum Gasteiger partial charge on any atom is -0.392 e. The summed E-state index contributed by atoms with van der Waals surface area (Å²) in [6, 6.07) is 9.74. The van der Waals surface area contributed by atoms with Crippen molar-refractivity contribution >= 4 is 11.8 Å². The summed E-state index contributed by atoms with van der Waals surface area (Å²) in [5, 5.41) is 15.6. The summed E-state index contributed by atoms with van der Waals surface area (Å²) in [4.78, 5) is 27.1. The van der Waals surface area contributed by atoms with Gasteiger partial charge in [0.2, 0.25) is 11.8 Å². The van der Waals surface area contributed by atoms with Crippen LogP contribution in [0.4, 0.5) is 0 Å². The van der Waals surface area contributed by atoms with E-state index in [0.717, 1.165) is 24.8 Å². The highest BCUT2D eigenvalue weighted by atomic mass is 16.3. The van der Waals surface area contributed by atoms with E-state index in [4.69, 9.17) is 0 Å². The maximum atomic E-state index is 12.9. The Morgan fingerprint density at radius 2 is 1.96 bits per heavy atom. The molecule has 3 N–H and O–H groups in total. The lowest BCUT2D eigenvalue weighted by atomic mass is 9.93. The number of nitrogens with one attached hydrogen (secondary N) is 2. The van der Waals surface area contributed by atoms with Crippen molar-refractivity contribution in [3.63, 3.8) is 0 Å². The van der Waals surface area contributed by atoms with Crippen molar-refractivity contribution in [3.05, 3.63) is 35.9 Å². The summed E-state index contributed by atoms with van der Waals surface area (Å²) in [5.74, 6) is 0.0534. The molecule has 2 heterocycles. The van der Waals surface area contributed by atoms with Crippen molar-refractivity contribution in [1.29, 1.82) is 0 Å². The highest BCUT2D eigenvalue weighted by molar-refractivity contribution is 5.84. The van der Waals surface area contributed by atoms with E-state index in [1.165, 1.54) is 0 Å². The fraction of sp³-hybridized carbons (Fsp3) is 0.600. The summed E-state index contributed by atoms with van der Waals surface area (Å²) in [7, 11) is 0. The van der Waals surface area contributed by atoms with Crippen LogP contribution in [-0.4, -0.2) is 59.6 Å². The number of aliphatic hydroxyl groups is 1. The van der Waals surface area contributed by atoms with E-state index < -0.39 is 6.10 Å². The maximum Gasteiger partial charge on any atom is 0.237 e. The number of piperidine rings is 1. The molecule has 142 valence electrons. The van der Waals surface area contributed by atoms with Crippen LogP contribution in [-0.2, 0) is 9.59 Å². The van der Waals surface area contributed by atoms with Gasteiger partial charge in [0.15, 0.2) is 0 Å². The molecule has 1 aromatic rings. The summed E-state index contributed by atoms with van der Waals surface area (Å²) >= 11 is 0. The summed E-state index contributed by atoms with van der Waals surface area (Å²) in [5.41, 5.74) is 1.07. The number of likely N-dealkylation sites (tertiary alicyclic amines) is 1. The Morgan fingerprint density at radius 1 is 1.27 bits per heavy atom. The molecule has 3 atom stereocenters. The summed E-state index contributed by atoms with van der Waals surface area (Å²) < 4.78 is 0. The minimum absolute atomic E-state index is 0.0398. The zero-order valence-corrected chi connectivity index (χ0v) is 15.4. The molecule has 2 fully saturated rings. The molecule has 2 saturated heterocycles.